The third-order valence-electron chi connectivity index (χ3n) is 5.45. The molecule has 1 saturated heterocycles. The Morgan fingerprint density at radius 2 is 1.92 bits per heavy atom. The maximum Gasteiger partial charge on any atom is 0.407 e. The van der Waals surface area contributed by atoms with Crippen LogP contribution < -0.4 is 0 Å². The van der Waals surface area contributed by atoms with E-state index >= 15 is 0 Å². The van der Waals surface area contributed by atoms with Crippen LogP contribution in [0.4, 0.5) is 4.79 Å². The summed E-state index contributed by atoms with van der Waals surface area (Å²) in [6.07, 6.45) is 0.969. The number of aliphatic hydroxyl groups is 1. The van der Waals surface area contributed by atoms with Gasteiger partial charge in [0.2, 0.25) is 0 Å². The van der Waals surface area contributed by atoms with Crippen molar-refractivity contribution < 1.29 is 15.0 Å². The van der Waals surface area contributed by atoms with Crippen LogP contribution in [0.5, 0.6) is 0 Å². The molecule has 1 heterocycles. The molecule has 1 amide bonds. The van der Waals surface area contributed by atoms with Gasteiger partial charge in [-0.25, -0.2) is 4.79 Å². The maximum absolute atomic E-state index is 11.6. The van der Waals surface area contributed by atoms with Gasteiger partial charge in [0.05, 0.1) is 18.2 Å². The molecular weight excluding hydrogens is 304 g/mol. The van der Waals surface area contributed by atoms with Crippen molar-refractivity contribution in [3.63, 3.8) is 0 Å². The zero-order valence-electron chi connectivity index (χ0n) is 14.8. The molecule has 2 fully saturated rings. The number of carbonyl (C=O) groups is 1. The summed E-state index contributed by atoms with van der Waals surface area (Å²) in [6.45, 7) is 7.68. The van der Waals surface area contributed by atoms with Crippen LogP contribution in [0.3, 0.4) is 0 Å². The first-order chi connectivity index (χ1) is 11.3. The Morgan fingerprint density at radius 3 is 2.38 bits per heavy atom. The molecule has 1 aliphatic carbocycles. The summed E-state index contributed by atoms with van der Waals surface area (Å²) in [4.78, 5) is 15.6. The van der Waals surface area contributed by atoms with E-state index in [1.165, 1.54) is 5.56 Å². The largest absolute Gasteiger partial charge is 0.465 e. The molecule has 1 saturated carbocycles. The van der Waals surface area contributed by atoms with Crippen LogP contribution in [0.25, 0.3) is 0 Å². The van der Waals surface area contributed by atoms with E-state index in [0.717, 1.165) is 12.8 Å². The van der Waals surface area contributed by atoms with Crippen molar-refractivity contribution in [2.24, 2.45) is 5.41 Å². The highest BCUT2D eigenvalue weighted by Crippen LogP contribution is 2.49. The third kappa shape index (κ3) is 3.03. The van der Waals surface area contributed by atoms with Crippen molar-refractivity contribution in [3.8, 4) is 0 Å². The zero-order valence-corrected chi connectivity index (χ0v) is 14.8. The minimum absolute atomic E-state index is 0.0176. The van der Waals surface area contributed by atoms with Crippen molar-refractivity contribution in [1.29, 1.82) is 0 Å². The van der Waals surface area contributed by atoms with Crippen LogP contribution in [-0.2, 0) is 0 Å². The van der Waals surface area contributed by atoms with Crippen LogP contribution in [-0.4, -0.2) is 57.4 Å². The molecule has 0 aromatic heterocycles. The number of amides is 1. The van der Waals surface area contributed by atoms with Crippen LogP contribution in [0.2, 0.25) is 0 Å². The first kappa shape index (κ1) is 17.2. The first-order valence-corrected chi connectivity index (χ1v) is 8.71. The molecule has 2 aliphatic rings. The molecule has 5 nitrogen and oxygen atoms in total. The van der Waals surface area contributed by atoms with E-state index in [4.69, 9.17) is 0 Å². The molecule has 2 atom stereocenters. The Bertz CT molecular complexity index is 592. The summed E-state index contributed by atoms with van der Waals surface area (Å²) in [5.74, 6) is 0. The van der Waals surface area contributed by atoms with E-state index in [9.17, 15) is 15.0 Å². The fourth-order valence-corrected chi connectivity index (χ4v) is 4.21. The Labute approximate surface area is 143 Å². The average molecular weight is 332 g/mol. The molecule has 1 aromatic carbocycles. The number of carboxylic acid groups (broad SMARTS) is 1. The van der Waals surface area contributed by atoms with Gasteiger partial charge in [-0.2, -0.15) is 0 Å². The molecular formula is C19H28N2O3. The molecule has 1 aromatic rings. The van der Waals surface area contributed by atoms with Gasteiger partial charge in [-0.15, -0.1) is 0 Å². The Balaban J connectivity index is 1.96. The maximum atomic E-state index is 11.6. The minimum atomic E-state index is -0.863. The van der Waals surface area contributed by atoms with Gasteiger partial charge in [-0.1, -0.05) is 51.1 Å². The quantitative estimate of drug-likeness (QED) is 0.893. The van der Waals surface area contributed by atoms with Gasteiger partial charge in [0.15, 0.2) is 0 Å². The number of benzene rings is 1. The van der Waals surface area contributed by atoms with Gasteiger partial charge in [-0.05, 0) is 23.8 Å². The van der Waals surface area contributed by atoms with E-state index in [1.54, 1.807) is 4.90 Å². The molecule has 3 rings (SSSR count). The lowest BCUT2D eigenvalue weighted by Gasteiger charge is -2.51. The molecule has 24 heavy (non-hydrogen) atoms. The standard InChI is InChI=1S/C19H28N2O3/c1-18(2,3)16(14-7-5-4-6-8-14)20-13-19(9-10-19)21(17(23)24)11-15(20)12-22/h4-8,15-16,22H,9-13H2,1-3H3,(H,23,24)/t15-,16?/m1/s1. The highest BCUT2D eigenvalue weighted by molar-refractivity contribution is 5.67. The summed E-state index contributed by atoms with van der Waals surface area (Å²) in [5.41, 5.74) is 0.953. The lowest BCUT2D eigenvalue weighted by Crippen LogP contribution is -2.63. The molecule has 5 heteroatoms. The van der Waals surface area contributed by atoms with E-state index < -0.39 is 6.09 Å². The predicted molar refractivity (Wildman–Crippen MR) is 92.9 cm³/mol. The summed E-state index contributed by atoms with van der Waals surface area (Å²) >= 11 is 0. The Kier molecular flexibility index (Phi) is 4.34. The molecule has 2 N–H and O–H groups in total. The second-order valence-electron chi connectivity index (χ2n) is 8.31. The monoisotopic (exact) mass is 332 g/mol. The Hall–Kier alpha value is -1.59. The SMILES string of the molecule is CC(C)(C)C(c1ccccc1)N1CC2(CC2)N(C(=O)O)C[C@@H]1CO. The highest BCUT2D eigenvalue weighted by Gasteiger charge is 2.57. The number of hydrogen-bond acceptors (Lipinski definition) is 3. The van der Waals surface area contributed by atoms with Crippen LogP contribution in [0.15, 0.2) is 30.3 Å². The molecule has 1 unspecified atom stereocenters. The molecule has 1 spiro atoms. The lowest BCUT2D eigenvalue weighted by atomic mass is 9.79. The highest BCUT2D eigenvalue weighted by atomic mass is 16.4. The summed E-state index contributed by atoms with van der Waals surface area (Å²) in [5, 5.41) is 19.5. The van der Waals surface area contributed by atoms with E-state index in [-0.39, 0.29) is 29.6 Å². The number of rotatable bonds is 3. The fourth-order valence-electron chi connectivity index (χ4n) is 4.21. The summed E-state index contributed by atoms with van der Waals surface area (Å²) in [7, 11) is 0. The number of aliphatic hydroxyl groups excluding tert-OH is 1. The first-order valence-electron chi connectivity index (χ1n) is 8.71. The van der Waals surface area contributed by atoms with Crippen molar-refractivity contribution in [3.05, 3.63) is 35.9 Å². The van der Waals surface area contributed by atoms with Gasteiger partial charge in [0.1, 0.15) is 0 Å². The van der Waals surface area contributed by atoms with E-state index in [0.29, 0.717) is 13.1 Å². The zero-order chi connectivity index (χ0) is 17.5. The number of hydrogen-bond donors (Lipinski definition) is 2. The topological polar surface area (TPSA) is 64.0 Å². The normalized spacial score (nSPS) is 24.8. The van der Waals surface area contributed by atoms with Crippen molar-refractivity contribution in [2.75, 3.05) is 19.7 Å². The predicted octanol–water partition coefficient (Wildman–Crippen LogP) is 2.96. The van der Waals surface area contributed by atoms with Crippen molar-refractivity contribution in [2.45, 2.75) is 51.2 Å². The second kappa shape index (κ2) is 6.05. The third-order valence-corrected chi connectivity index (χ3v) is 5.45. The van der Waals surface area contributed by atoms with Crippen LogP contribution >= 0.6 is 0 Å². The molecule has 0 radical (unpaired) electrons. The lowest BCUT2D eigenvalue weighted by molar-refractivity contribution is -0.0476. The molecule has 1 aliphatic heterocycles. The van der Waals surface area contributed by atoms with Crippen LogP contribution in [0, 0.1) is 5.41 Å². The van der Waals surface area contributed by atoms with Gasteiger partial charge >= 0.3 is 6.09 Å². The van der Waals surface area contributed by atoms with Gasteiger partial charge in [0, 0.05) is 19.1 Å². The van der Waals surface area contributed by atoms with E-state index in [2.05, 4.69) is 37.8 Å². The minimum Gasteiger partial charge on any atom is -0.465 e. The summed E-state index contributed by atoms with van der Waals surface area (Å²) in [6, 6.07) is 10.3. The van der Waals surface area contributed by atoms with Crippen molar-refractivity contribution in [1.82, 2.24) is 9.80 Å². The smallest absolute Gasteiger partial charge is 0.407 e. The van der Waals surface area contributed by atoms with Gasteiger partial charge in [-0.3, -0.25) is 9.80 Å². The fraction of sp³-hybridized carbons (Fsp3) is 0.632. The summed E-state index contributed by atoms with van der Waals surface area (Å²) < 4.78 is 0. The molecule has 132 valence electrons. The average Bonchev–Trinajstić information content (AvgIpc) is 3.27. The van der Waals surface area contributed by atoms with E-state index in [1.807, 2.05) is 18.2 Å². The number of piperazine rings is 1. The second-order valence-corrected chi connectivity index (χ2v) is 8.31. The van der Waals surface area contributed by atoms with Crippen molar-refractivity contribution >= 4 is 6.09 Å². The van der Waals surface area contributed by atoms with Crippen LogP contribution in [0.1, 0.15) is 45.2 Å². The van der Waals surface area contributed by atoms with Gasteiger partial charge < -0.3 is 10.2 Å². The van der Waals surface area contributed by atoms with Gasteiger partial charge in [0.25, 0.3) is 0 Å². The number of nitrogens with zero attached hydrogens (tertiary/aromatic N) is 2. The Morgan fingerprint density at radius 1 is 1.29 bits per heavy atom. The molecule has 0 bridgehead atoms.